The molecule has 25 heavy (non-hydrogen) atoms. The molecule has 9 heteroatoms. The number of halogens is 1. The molecule has 0 saturated carbocycles. The maximum absolute atomic E-state index is 12.9. The molecule has 2 aromatic heterocycles. The van der Waals surface area contributed by atoms with Gasteiger partial charge in [-0.3, -0.25) is 9.89 Å². The number of hydrogen-bond acceptors (Lipinski definition) is 6. The van der Waals surface area contributed by atoms with Crippen molar-refractivity contribution in [2.45, 2.75) is 30.9 Å². The molecule has 2 fully saturated rings. The summed E-state index contributed by atoms with van der Waals surface area (Å²) in [7, 11) is 0. The lowest BCUT2D eigenvalue weighted by Crippen LogP contribution is -2.50. The van der Waals surface area contributed by atoms with E-state index in [9.17, 15) is 9.18 Å². The van der Waals surface area contributed by atoms with Gasteiger partial charge in [0.15, 0.2) is 5.82 Å². The topological polar surface area (TPSA) is 96.0 Å². The smallest absolute Gasteiger partial charge is 0.271 e. The van der Waals surface area contributed by atoms with Crippen molar-refractivity contribution >= 4 is 11.9 Å². The summed E-state index contributed by atoms with van der Waals surface area (Å²) in [5.74, 6) is -0.142. The molecule has 2 atom stereocenters. The summed E-state index contributed by atoms with van der Waals surface area (Å²) in [6.07, 6.45) is 6.38. The molecule has 0 unspecified atom stereocenters. The molecule has 0 radical (unpaired) electrons. The second-order valence-corrected chi connectivity index (χ2v) is 6.56. The second-order valence-electron chi connectivity index (χ2n) is 6.56. The third-order valence-electron chi connectivity index (χ3n) is 4.72. The van der Waals surface area contributed by atoms with Crippen molar-refractivity contribution in [3.63, 3.8) is 0 Å². The van der Waals surface area contributed by atoms with E-state index in [0.29, 0.717) is 31.3 Å². The van der Waals surface area contributed by atoms with Gasteiger partial charge < -0.3 is 15.0 Å². The van der Waals surface area contributed by atoms with Crippen molar-refractivity contribution in [3.8, 4) is 0 Å². The Labute approximate surface area is 143 Å². The Balaban J connectivity index is 1.40. The van der Waals surface area contributed by atoms with E-state index in [1.54, 1.807) is 12.3 Å². The van der Waals surface area contributed by atoms with Crippen LogP contribution in [-0.4, -0.2) is 62.3 Å². The van der Waals surface area contributed by atoms with Gasteiger partial charge in [0.25, 0.3) is 5.91 Å². The number of likely N-dealkylation sites (tertiary alicyclic amines) is 1. The number of aromatic nitrogens is 4. The normalized spacial score (nSPS) is 26.1. The lowest BCUT2D eigenvalue weighted by atomic mass is 9.88. The van der Waals surface area contributed by atoms with Gasteiger partial charge in [-0.2, -0.15) is 5.10 Å². The molecule has 1 amide bonds. The molecule has 0 bridgehead atoms. The largest absolute Gasteiger partial charge is 0.371 e. The van der Waals surface area contributed by atoms with Crippen molar-refractivity contribution < 1.29 is 13.9 Å². The Bertz CT molecular complexity index is 738. The summed E-state index contributed by atoms with van der Waals surface area (Å²) in [5.41, 5.74) is 0.135. The second kappa shape index (κ2) is 6.40. The third kappa shape index (κ3) is 3.32. The number of amides is 1. The van der Waals surface area contributed by atoms with Crippen LogP contribution in [0, 0.1) is 5.82 Å². The molecule has 0 aromatic carbocycles. The number of carbonyl (C=O) groups excluding carboxylic acids is 1. The Morgan fingerprint density at radius 3 is 3.04 bits per heavy atom. The number of rotatable bonds is 3. The SMILES string of the molecule is O=C(c1ccn[nH]1)N1CCC[C@]2(C[C@@H](Nc3ncc(F)cn3)CO2)C1. The van der Waals surface area contributed by atoms with Gasteiger partial charge in [0, 0.05) is 19.2 Å². The zero-order chi connectivity index (χ0) is 17.3. The minimum atomic E-state index is -0.468. The molecule has 1 spiro atoms. The molecule has 2 saturated heterocycles. The Morgan fingerprint density at radius 1 is 1.44 bits per heavy atom. The minimum Gasteiger partial charge on any atom is -0.371 e. The van der Waals surface area contributed by atoms with E-state index in [-0.39, 0.29) is 17.6 Å². The van der Waals surface area contributed by atoms with Crippen LogP contribution in [0.25, 0.3) is 0 Å². The molecule has 2 aliphatic heterocycles. The number of nitrogens with zero attached hydrogens (tertiary/aromatic N) is 4. The van der Waals surface area contributed by atoms with Gasteiger partial charge in [0.1, 0.15) is 5.69 Å². The highest BCUT2D eigenvalue weighted by molar-refractivity contribution is 5.92. The Kier molecular flexibility index (Phi) is 4.08. The molecule has 0 aliphatic carbocycles. The van der Waals surface area contributed by atoms with Crippen molar-refractivity contribution in [1.29, 1.82) is 0 Å². The summed E-state index contributed by atoms with van der Waals surface area (Å²) in [4.78, 5) is 22.2. The zero-order valence-corrected chi connectivity index (χ0v) is 13.6. The molecule has 132 valence electrons. The summed E-state index contributed by atoms with van der Waals surface area (Å²) in [6, 6.07) is 1.71. The van der Waals surface area contributed by atoms with Crippen LogP contribution in [-0.2, 0) is 4.74 Å². The summed E-state index contributed by atoms with van der Waals surface area (Å²) < 4.78 is 19.0. The van der Waals surface area contributed by atoms with Crippen molar-refractivity contribution in [2.75, 3.05) is 25.0 Å². The first kappa shape index (κ1) is 15.9. The molecule has 2 aliphatic rings. The third-order valence-corrected chi connectivity index (χ3v) is 4.72. The van der Waals surface area contributed by atoms with Crippen molar-refractivity contribution in [1.82, 2.24) is 25.1 Å². The average molecular weight is 346 g/mol. The van der Waals surface area contributed by atoms with E-state index in [4.69, 9.17) is 4.74 Å². The van der Waals surface area contributed by atoms with Gasteiger partial charge in [-0.25, -0.2) is 14.4 Å². The molecule has 8 nitrogen and oxygen atoms in total. The van der Waals surface area contributed by atoms with E-state index in [1.807, 2.05) is 4.90 Å². The van der Waals surface area contributed by atoms with Crippen LogP contribution in [0.5, 0.6) is 0 Å². The lowest BCUT2D eigenvalue weighted by Gasteiger charge is -2.39. The van der Waals surface area contributed by atoms with Gasteiger partial charge >= 0.3 is 0 Å². The van der Waals surface area contributed by atoms with E-state index in [0.717, 1.165) is 31.7 Å². The highest BCUT2D eigenvalue weighted by Crippen LogP contribution is 2.35. The summed E-state index contributed by atoms with van der Waals surface area (Å²) in [6.45, 7) is 1.77. The predicted molar refractivity (Wildman–Crippen MR) is 86.4 cm³/mol. The Morgan fingerprint density at radius 2 is 2.28 bits per heavy atom. The molecule has 2 aromatic rings. The van der Waals surface area contributed by atoms with E-state index < -0.39 is 5.82 Å². The fraction of sp³-hybridized carbons (Fsp3) is 0.500. The molecular formula is C16H19FN6O2. The standard InChI is InChI=1S/C16H19FN6O2/c17-11-7-18-15(19-8-11)21-12-6-16(25-9-12)3-1-5-23(10-16)14(24)13-2-4-20-22-13/h2,4,7-8,12H,1,3,5-6,9-10H2,(H,20,22)(H,18,19,21)/t12-,16+/m1/s1. The molecule has 4 heterocycles. The highest BCUT2D eigenvalue weighted by Gasteiger charge is 2.44. The van der Waals surface area contributed by atoms with Crippen LogP contribution in [0.4, 0.5) is 10.3 Å². The first-order valence-electron chi connectivity index (χ1n) is 8.30. The fourth-order valence-corrected chi connectivity index (χ4v) is 3.61. The average Bonchev–Trinajstić information content (AvgIpc) is 3.27. The van der Waals surface area contributed by atoms with Gasteiger partial charge in [0.05, 0.1) is 37.2 Å². The van der Waals surface area contributed by atoms with Crippen molar-refractivity contribution in [3.05, 3.63) is 36.2 Å². The number of nitrogens with one attached hydrogen (secondary N) is 2. The van der Waals surface area contributed by atoms with Gasteiger partial charge in [-0.05, 0) is 18.9 Å². The number of carbonyl (C=O) groups is 1. The number of piperidine rings is 1. The highest BCUT2D eigenvalue weighted by atomic mass is 19.1. The van der Waals surface area contributed by atoms with Crippen LogP contribution < -0.4 is 5.32 Å². The quantitative estimate of drug-likeness (QED) is 0.867. The number of ether oxygens (including phenoxy) is 1. The van der Waals surface area contributed by atoms with Crippen LogP contribution in [0.2, 0.25) is 0 Å². The fourth-order valence-electron chi connectivity index (χ4n) is 3.61. The molecular weight excluding hydrogens is 327 g/mol. The predicted octanol–water partition coefficient (Wildman–Crippen LogP) is 1.21. The van der Waals surface area contributed by atoms with E-state index in [2.05, 4.69) is 25.5 Å². The zero-order valence-electron chi connectivity index (χ0n) is 13.6. The maximum atomic E-state index is 12.9. The summed E-state index contributed by atoms with van der Waals surface area (Å²) in [5, 5.41) is 9.73. The van der Waals surface area contributed by atoms with Crippen LogP contribution in [0.3, 0.4) is 0 Å². The first-order chi connectivity index (χ1) is 12.1. The van der Waals surface area contributed by atoms with E-state index in [1.165, 1.54) is 0 Å². The lowest BCUT2D eigenvalue weighted by molar-refractivity contribution is -0.0448. The van der Waals surface area contributed by atoms with Gasteiger partial charge in [-0.15, -0.1) is 0 Å². The summed E-state index contributed by atoms with van der Waals surface area (Å²) >= 11 is 0. The minimum absolute atomic E-state index is 0.0349. The van der Waals surface area contributed by atoms with Crippen molar-refractivity contribution in [2.24, 2.45) is 0 Å². The monoisotopic (exact) mass is 346 g/mol. The maximum Gasteiger partial charge on any atom is 0.271 e. The number of anilines is 1. The molecule has 2 N–H and O–H groups in total. The van der Waals surface area contributed by atoms with E-state index >= 15 is 0 Å². The first-order valence-corrected chi connectivity index (χ1v) is 8.30. The molecule has 4 rings (SSSR count). The van der Waals surface area contributed by atoms with Crippen LogP contribution >= 0.6 is 0 Å². The number of H-pyrrole nitrogens is 1. The van der Waals surface area contributed by atoms with Gasteiger partial charge in [-0.1, -0.05) is 0 Å². The Hall–Kier alpha value is -2.55. The van der Waals surface area contributed by atoms with Crippen LogP contribution in [0.15, 0.2) is 24.7 Å². The number of hydrogen-bond donors (Lipinski definition) is 2. The van der Waals surface area contributed by atoms with Crippen LogP contribution in [0.1, 0.15) is 29.8 Å². The van der Waals surface area contributed by atoms with Gasteiger partial charge in [0.2, 0.25) is 5.95 Å². The number of aromatic amines is 1.